The molecular formula is C24H28NO4P. The lowest BCUT2D eigenvalue weighted by Crippen LogP contribution is -2.10. The van der Waals surface area contributed by atoms with Gasteiger partial charge < -0.3 is 19.1 Å². The van der Waals surface area contributed by atoms with E-state index in [0.717, 1.165) is 28.2 Å². The van der Waals surface area contributed by atoms with Gasteiger partial charge >= 0.3 is 7.60 Å². The molecule has 0 aliphatic rings. The molecule has 0 unspecified atom stereocenters. The van der Waals surface area contributed by atoms with Crippen LogP contribution in [0.4, 0.5) is 17.1 Å². The van der Waals surface area contributed by atoms with E-state index >= 15 is 0 Å². The highest BCUT2D eigenvalue weighted by Gasteiger charge is 2.24. The molecule has 3 aromatic rings. The highest BCUT2D eigenvalue weighted by atomic mass is 31.2. The zero-order valence-electron chi connectivity index (χ0n) is 17.4. The van der Waals surface area contributed by atoms with Crippen molar-refractivity contribution in [2.24, 2.45) is 0 Å². The molecule has 0 aliphatic carbocycles. The molecule has 0 bridgehead atoms. The molecule has 0 atom stereocenters. The molecule has 0 radical (unpaired) electrons. The molecule has 0 amide bonds. The van der Waals surface area contributed by atoms with E-state index in [9.17, 15) is 9.67 Å². The van der Waals surface area contributed by atoms with Crippen molar-refractivity contribution in [2.45, 2.75) is 26.6 Å². The van der Waals surface area contributed by atoms with Gasteiger partial charge in [-0.3, -0.25) is 4.57 Å². The summed E-state index contributed by atoms with van der Waals surface area (Å²) in [6.07, 6.45) is 0.242. The van der Waals surface area contributed by atoms with Crippen molar-refractivity contribution in [3.8, 4) is 0 Å². The lowest BCUT2D eigenvalue weighted by molar-refractivity contribution is 0.219. The summed E-state index contributed by atoms with van der Waals surface area (Å²) in [7, 11) is -3.14. The minimum Gasteiger partial charge on any atom is -0.392 e. The molecule has 158 valence electrons. The maximum Gasteiger partial charge on any atom is 0.335 e. The number of nitrogens with zero attached hydrogens (tertiary/aromatic N) is 1. The number of rotatable bonds is 10. The fraction of sp³-hybridized carbons (Fsp3) is 0.250. The minimum absolute atomic E-state index is 0.0139. The topological polar surface area (TPSA) is 59.0 Å². The van der Waals surface area contributed by atoms with E-state index in [2.05, 4.69) is 4.90 Å². The van der Waals surface area contributed by atoms with E-state index in [0.29, 0.717) is 13.2 Å². The molecule has 0 spiro atoms. The molecule has 0 heterocycles. The maximum atomic E-state index is 12.8. The van der Waals surface area contributed by atoms with E-state index in [1.54, 1.807) is 0 Å². The molecular weight excluding hydrogens is 397 g/mol. The van der Waals surface area contributed by atoms with E-state index in [1.165, 1.54) is 0 Å². The van der Waals surface area contributed by atoms with Gasteiger partial charge in [-0.1, -0.05) is 42.5 Å². The van der Waals surface area contributed by atoms with Crippen LogP contribution in [0.3, 0.4) is 0 Å². The van der Waals surface area contributed by atoms with Crippen LogP contribution in [-0.4, -0.2) is 18.3 Å². The van der Waals surface area contributed by atoms with E-state index < -0.39 is 7.60 Å². The van der Waals surface area contributed by atoms with Crippen LogP contribution in [0.1, 0.15) is 25.0 Å². The average Bonchev–Trinajstić information content (AvgIpc) is 2.77. The first-order chi connectivity index (χ1) is 14.6. The first-order valence-electron chi connectivity index (χ1n) is 10.1. The Hall–Kier alpha value is -2.43. The van der Waals surface area contributed by atoms with Gasteiger partial charge in [0.25, 0.3) is 0 Å². The van der Waals surface area contributed by atoms with Gasteiger partial charge in [0.05, 0.1) is 26.0 Å². The van der Waals surface area contributed by atoms with Crippen LogP contribution in [0.5, 0.6) is 0 Å². The minimum atomic E-state index is -3.14. The number of anilines is 3. The summed E-state index contributed by atoms with van der Waals surface area (Å²) in [4.78, 5) is 2.13. The summed E-state index contributed by atoms with van der Waals surface area (Å²) in [6, 6.07) is 25.8. The predicted molar refractivity (Wildman–Crippen MR) is 122 cm³/mol. The molecule has 0 fully saturated rings. The maximum absolute atomic E-state index is 12.8. The monoisotopic (exact) mass is 425 g/mol. The largest absolute Gasteiger partial charge is 0.392 e. The third kappa shape index (κ3) is 5.59. The third-order valence-corrected chi connectivity index (χ3v) is 6.67. The normalized spacial score (nSPS) is 11.4. The van der Waals surface area contributed by atoms with Gasteiger partial charge in [0.2, 0.25) is 0 Å². The molecule has 6 heteroatoms. The number of hydrogen-bond acceptors (Lipinski definition) is 5. The lowest BCUT2D eigenvalue weighted by Gasteiger charge is -2.26. The smallest absolute Gasteiger partial charge is 0.335 e. The van der Waals surface area contributed by atoms with Gasteiger partial charge in [-0.15, -0.1) is 0 Å². The van der Waals surface area contributed by atoms with Crippen LogP contribution in [0.25, 0.3) is 0 Å². The van der Waals surface area contributed by atoms with Crippen LogP contribution in [-0.2, 0) is 26.4 Å². The van der Waals surface area contributed by atoms with Crippen LogP contribution < -0.4 is 4.90 Å². The van der Waals surface area contributed by atoms with Gasteiger partial charge in [0, 0.05) is 17.1 Å². The Balaban J connectivity index is 1.91. The quantitative estimate of drug-likeness (QED) is 0.380. The Morgan fingerprint density at radius 2 is 1.20 bits per heavy atom. The van der Waals surface area contributed by atoms with Crippen LogP contribution in [0.15, 0.2) is 78.9 Å². The molecule has 30 heavy (non-hydrogen) atoms. The fourth-order valence-electron chi connectivity index (χ4n) is 3.27. The zero-order valence-corrected chi connectivity index (χ0v) is 18.3. The highest BCUT2D eigenvalue weighted by Crippen LogP contribution is 2.51. The first-order valence-corrected chi connectivity index (χ1v) is 11.8. The van der Waals surface area contributed by atoms with Crippen molar-refractivity contribution in [3.05, 3.63) is 90.0 Å². The highest BCUT2D eigenvalue weighted by molar-refractivity contribution is 7.53. The van der Waals surface area contributed by atoms with Crippen LogP contribution >= 0.6 is 7.60 Å². The predicted octanol–water partition coefficient (Wildman–Crippen LogP) is 6.41. The number of benzene rings is 3. The Labute approximate surface area is 178 Å². The Morgan fingerprint density at radius 3 is 1.67 bits per heavy atom. The number of aliphatic hydroxyl groups is 1. The molecule has 1 N–H and O–H groups in total. The van der Waals surface area contributed by atoms with Crippen molar-refractivity contribution in [1.29, 1.82) is 0 Å². The molecule has 0 saturated heterocycles. The van der Waals surface area contributed by atoms with Gasteiger partial charge in [0.1, 0.15) is 0 Å². The third-order valence-electron chi connectivity index (χ3n) is 4.61. The Kier molecular flexibility index (Phi) is 7.83. The van der Waals surface area contributed by atoms with Crippen molar-refractivity contribution in [3.63, 3.8) is 0 Å². The fourth-order valence-corrected chi connectivity index (χ4v) is 4.97. The summed E-state index contributed by atoms with van der Waals surface area (Å²) in [5.41, 5.74) is 4.75. The molecule has 0 saturated carbocycles. The molecule has 0 aliphatic heterocycles. The van der Waals surface area contributed by atoms with Gasteiger partial charge in [-0.2, -0.15) is 0 Å². The number of aliphatic hydroxyl groups excluding tert-OH is 1. The van der Waals surface area contributed by atoms with Crippen LogP contribution in [0.2, 0.25) is 0 Å². The van der Waals surface area contributed by atoms with Crippen molar-refractivity contribution >= 4 is 24.7 Å². The van der Waals surface area contributed by atoms with Gasteiger partial charge in [-0.05, 0) is 61.4 Å². The molecule has 3 rings (SSSR count). The number of para-hydroxylation sites is 1. The first kappa shape index (κ1) is 22.3. The van der Waals surface area contributed by atoms with Crippen LogP contribution in [0, 0.1) is 0 Å². The summed E-state index contributed by atoms with van der Waals surface area (Å²) in [5.74, 6) is 0. The Bertz CT molecular complexity index is 949. The second kappa shape index (κ2) is 10.6. The van der Waals surface area contributed by atoms with Crippen molar-refractivity contribution in [2.75, 3.05) is 18.1 Å². The molecule has 3 aromatic carbocycles. The average molecular weight is 425 g/mol. The Morgan fingerprint density at radius 1 is 0.733 bits per heavy atom. The summed E-state index contributed by atoms with van der Waals surface area (Å²) in [6.45, 7) is 4.34. The summed E-state index contributed by atoms with van der Waals surface area (Å²) in [5, 5.41) is 9.34. The SMILES string of the molecule is CCOP(=O)(Cc1ccc(N(c2ccccc2)c2ccc(CO)cc2)cc1)OCC. The number of hydrogen-bond donors (Lipinski definition) is 1. The molecule has 0 aromatic heterocycles. The summed E-state index contributed by atoms with van der Waals surface area (Å²) < 4.78 is 23.7. The molecule has 5 nitrogen and oxygen atoms in total. The second-order valence-electron chi connectivity index (χ2n) is 6.77. The van der Waals surface area contributed by atoms with E-state index in [-0.39, 0.29) is 12.8 Å². The van der Waals surface area contributed by atoms with Crippen molar-refractivity contribution in [1.82, 2.24) is 0 Å². The van der Waals surface area contributed by atoms with Gasteiger partial charge in [-0.25, -0.2) is 0 Å². The van der Waals surface area contributed by atoms with Crippen molar-refractivity contribution < 1.29 is 18.7 Å². The van der Waals surface area contributed by atoms with E-state index in [1.807, 2.05) is 92.7 Å². The second-order valence-corrected chi connectivity index (χ2v) is 8.82. The zero-order chi connectivity index (χ0) is 21.4. The standard InChI is InChI=1S/C24H28NO4P/c1-3-28-30(27,29-4-2)19-21-12-16-24(17-13-21)25(22-8-6-5-7-9-22)23-14-10-20(18-26)11-15-23/h5-17,26H,3-4,18-19H2,1-2H3. The van der Waals surface area contributed by atoms with E-state index in [4.69, 9.17) is 9.05 Å². The summed E-state index contributed by atoms with van der Waals surface area (Å²) >= 11 is 0. The lowest BCUT2D eigenvalue weighted by atomic mass is 10.1. The van der Waals surface area contributed by atoms with Gasteiger partial charge in [0.15, 0.2) is 0 Å².